The smallest absolute Gasteiger partial charge is 0.166 e. The van der Waals surface area contributed by atoms with Gasteiger partial charge in [-0.2, -0.15) is 0 Å². The van der Waals surface area contributed by atoms with Crippen molar-refractivity contribution in [3.8, 4) is 17.0 Å². The first-order valence-corrected chi connectivity index (χ1v) is 6.76. The zero-order chi connectivity index (χ0) is 14.5. The van der Waals surface area contributed by atoms with Crippen LogP contribution in [-0.4, -0.2) is 34.9 Å². The number of rotatable bonds is 5. The molecule has 1 aliphatic rings. The minimum atomic E-state index is -0.0921. The summed E-state index contributed by atoms with van der Waals surface area (Å²) in [6.45, 7) is 0.830. The lowest BCUT2D eigenvalue weighted by Crippen LogP contribution is -2.20. The number of ether oxygens (including phenoxy) is 1. The van der Waals surface area contributed by atoms with Crippen LogP contribution in [0.5, 0.6) is 5.75 Å². The van der Waals surface area contributed by atoms with Gasteiger partial charge in [0.2, 0.25) is 0 Å². The van der Waals surface area contributed by atoms with E-state index in [0.717, 1.165) is 17.0 Å². The molecule has 0 aromatic carbocycles. The van der Waals surface area contributed by atoms with Crippen molar-refractivity contribution in [2.75, 3.05) is 13.2 Å². The summed E-state index contributed by atoms with van der Waals surface area (Å²) in [7, 11) is 0. The normalized spacial score (nSPS) is 17.2. The first-order chi connectivity index (χ1) is 10.4. The quantitative estimate of drug-likeness (QED) is 0.902. The molecule has 2 aromatic rings. The Morgan fingerprint density at radius 2 is 2.19 bits per heavy atom. The minimum Gasteiger partial charge on any atom is -0.487 e. The molecule has 3 rings (SSSR count). The maximum Gasteiger partial charge on any atom is 0.166 e. The van der Waals surface area contributed by atoms with E-state index in [9.17, 15) is 0 Å². The van der Waals surface area contributed by atoms with Crippen LogP contribution in [0.4, 0.5) is 0 Å². The lowest BCUT2D eigenvalue weighted by molar-refractivity contribution is 0.0471. The van der Waals surface area contributed by atoms with Crippen LogP contribution in [0.15, 0.2) is 48.0 Å². The van der Waals surface area contributed by atoms with E-state index in [1.165, 1.54) is 0 Å². The fraction of sp³-hybridized carbons (Fsp3) is 0.267. The molecule has 0 saturated heterocycles. The first kappa shape index (κ1) is 13.5. The van der Waals surface area contributed by atoms with Crippen LogP contribution in [0.25, 0.3) is 11.3 Å². The van der Waals surface area contributed by atoms with Crippen molar-refractivity contribution in [2.45, 2.75) is 12.5 Å². The third kappa shape index (κ3) is 3.17. The minimum absolute atomic E-state index is 0.0921. The average Bonchev–Trinajstić information content (AvgIpc) is 3.02. The molecule has 1 unspecified atom stereocenters. The van der Waals surface area contributed by atoms with Gasteiger partial charge in [0.05, 0.1) is 5.71 Å². The summed E-state index contributed by atoms with van der Waals surface area (Å²) < 4.78 is 5.84. The number of hydrogen-bond donors (Lipinski definition) is 1. The number of nitrogens with zero attached hydrogens (tertiary/aromatic N) is 3. The van der Waals surface area contributed by atoms with Crippen LogP contribution in [0.3, 0.4) is 0 Å². The number of aromatic nitrogens is 2. The summed E-state index contributed by atoms with van der Waals surface area (Å²) in [6, 6.07) is 7.54. The summed E-state index contributed by atoms with van der Waals surface area (Å²) >= 11 is 0. The molecule has 1 atom stereocenters. The second-order valence-corrected chi connectivity index (χ2v) is 4.70. The lowest BCUT2D eigenvalue weighted by atomic mass is 10.1. The highest BCUT2D eigenvalue weighted by atomic mass is 16.7. The molecule has 6 heteroatoms. The number of hydrogen-bond acceptors (Lipinski definition) is 6. The number of oxime groups is 1. The fourth-order valence-corrected chi connectivity index (χ4v) is 2.11. The third-order valence-corrected chi connectivity index (χ3v) is 3.16. The van der Waals surface area contributed by atoms with E-state index in [1.807, 2.05) is 24.3 Å². The van der Waals surface area contributed by atoms with Crippen molar-refractivity contribution in [2.24, 2.45) is 10.9 Å². The van der Waals surface area contributed by atoms with Crippen LogP contribution in [0, 0.1) is 0 Å². The molecule has 3 heterocycles. The van der Waals surface area contributed by atoms with E-state index in [-0.39, 0.29) is 6.10 Å². The van der Waals surface area contributed by atoms with E-state index in [0.29, 0.717) is 25.3 Å². The summed E-state index contributed by atoms with van der Waals surface area (Å²) in [5.74, 6) is 0.704. The second-order valence-electron chi connectivity index (χ2n) is 4.70. The largest absolute Gasteiger partial charge is 0.487 e. The Labute approximate surface area is 122 Å². The van der Waals surface area contributed by atoms with Crippen molar-refractivity contribution >= 4 is 5.71 Å². The molecule has 108 valence electrons. The third-order valence-electron chi connectivity index (χ3n) is 3.16. The van der Waals surface area contributed by atoms with Gasteiger partial charge < -0.3 is 15.3 Å². The van der Waals surface area contributed by atoms with Gasteiger partial charge in [-0.1, -0.05) is 5.16 Å². The van der Waals surface area contributed by atoms with Crippen molar-refractivity contribution in [3.05, 3.63) is 42.9 Å². The number of nitrogens with two attached hydrogens (primary N) is 1. The van der Waals surface area contributed by atoms with Crippen LogP contribution in [0.2, 0.25) is 0 Å². The molecule has 0 fully saturated rings. The summed E-state index contributed by atoms with van der Waals surface area (Å²) in [5.41, 5.74) is 8.08. The molecule has 2 aromatic heterocycles. The monoisotopic (exact) mass is 284 g/mol. The Kier molecular flexibility index (Phi) is 4.07. The predicted octanol–water partition coefficient (Wildman–Crippen LogP) is 1.63. The highest BCUT2D eigenvalue weighted by Crippen LogP contribution is 2.27. The zero-order valence-corrected chi connectivity index (χ0v) is 11.5. The van der Waals surface area contributed by atoms with Crippen molar-refractivity contribution in [1.29, 1.82) is 0 Å². The molecule has 0 aliphatic carbocycles. The molecule has 21 heavy (non-hydrogen) atoms. The van der Waals surface area contributed by atoms with Gasteiger partial charge in [-0.05, 0) is 24.3 Å². The average molecular weight is 284 g/mol. The van der Waals surface area contributed by atoms with Gasteiger partial charge >= 0.3 is 0 Å². The Balaban J connectivity index is 1.69. The Morgan fingerprint density at radius 3 is 2.95 bits per heavy atom. The van der Waals surface area contributed by atoms with Crippen molar-refractivity contribution in [1.82, 2.24) is 9.97 Å². The molecule has 1 aliphatic heterocycles. The lowest BCUT2D eigenvalue weighted by Gasteiger charge is -2.13. The molecular weight excluding hydrogens is 268 g/mol. The maximum atomic E-state index is 5.84. The van der Waals surface area contributed by atoms with Crippen LogP contribution >= 0.6 is 0 Å². The summed E-state index contributed by atoms with van der Waals surface area (Å²) in [5, 5.41) is 3.91. The number of pyridine rings is 2. The predicted molar refractivity (Wildman–Crippen MR) is 78.9 cm³/mol. The second kappa shape index (κ2) is 6.32. The van der Waals surface area contributed by atoms with Crippen LogP contribution in [-0.2, 0) is 4.84 Å². The van der Waals surface area contributed by atoms with Gasteiger partial charge in [-0.25, -0.2) is 0 Å². The molecule has 0 saturated carbocycles. The van der Waals surface area contributed by atoms with Crippen molar-refractivity contribution < 1.29 is 9.57 Å². The van der Waals surface area contributed by atoms with Gasteiger partial charge in [0, 0.05) is 37.1 Å². The van der Waals surface area contributed by atoms with Crippen LogP contribution in [0.1, 0.15) is 6.42 Å². The molecule has 0 amide bonds. The maximum absolute atomic E-state index is 5.84. The molecule has 0 bridgehead atoms. The van der Waals surface area contributed by atoms with Crippen LogP contribution < -0.4 is 10.5 Å². The Morgan fingerprint density at radius 1 is 1.29 bits per heavy atom. The van der Waals surface area contributed by atoms with Crippen molar-refractivity contribution in [3.63, 3.8) is 0 Å². The van der Waals surface area contributed by atoms with E-state index in [2.05, 4.69) is 15.1 Å². The van der Waals surface area contributed by atoms with Gasteiger partial charge in [-0.15, -0.1) is 0 Å². The highest BCUT2D eigenvalue weighted by Gasteiger charge is 2.21. The van der Waals surface area contributed by atoms with Gasteiger partial charge in [0.25, 0.3) is 0 Å². The fourth-order valence-electron chi connectivity index (χ4n) is 2.11. The van der Waals surface area contributed by atoms with E-state index >= 15 is 0 Å². The van der Waals surface area contributed by atoms with Gasteiger partial charge in [-0.3, -0.25) is 9.97 Å². The molecule has 0 radical (unpaired) electrons. The zero-order valence-electron chi connectivity index (χ0n) is 11.5. The van der Waals surface area contributed by atoms with Gasteiger partial charge in [0.15, 0.2) is 6.10 Å². The Bertz CT molecular complexity index is 631. The Hall–Kier alpha value is -2.47. The van der Waals surface area contributed by atoms with E-state index in [4.69, 9.17) is 15.3 Å². The molecule has 0 spiro atoms. The molecular formula is C15H16N4O2. The molecule has 6 nitrogen and oxygen atoms in total. The summed E-state index contributed by atoms with van der Waals surface area (Å²) in [4.78, 5) is 13.8. The van der Waals surface area contributed by atoms with E-state index in [1.54, 1.807) is 18.6 Å². The first-order valence-electron chi connectivity index (χ1n) is 6.76. The van der Waals surface area contributed by atoms with Gasteiger partial charge in [0.1, 0.15) is 18.1 Å². The highest BCUT2D eigenvalue weighted by molar-refractivity contribution is 5.87. The molecule has 2 N–H and O–H groups in total. The SMILES string of the molecule is NCC1=NOC(COc2cccnc2-c2cccnc2)C1. The van der Waals surface area contributed by atoms with E-state index < -0.39 is 0 Å². The standard InChI is InChI=1S/C15H16N4O2/c16-8-12-7-13(21-19-12)10-20-14-4-2-6-18-15(14)11-3-1-5-17-9-11/h1-6,9,13H,7-8,10,16H2. The topological polar surface area (TPSA) is 82.6 Å². The summed E-state index contributed by atoms with van der Waals surface area (Å²) in [6.07, 6.45) is 5.84.